The summed E-state index contributed by atoms with van der Waals surface area (Å²) in [5.74, 6) is -1.48. The van der Waals surface area contributed by atoms with E-state index < -0.39 is 30.0 Å². The number of fused-ring (bicyclic) bond motifs is 1. The molecule has 0 bridgehead atoms. The maximum absolute atomic E-state index is 12.3. The highest BCUT2D eigenvalue weighted by molar-refractivity contribution is 6.21. The minimum absolute atomic E-state index is 0.0753. The fourth-order valence-electron chi connectivity index (χ4n) is 2.42. The third-order valence-electron chi connectivity index (χ3n) is 3.38. The molecule has 1 atom stereocenters. The van der Waals surface area contributed by atoms with Crippen LogP contribution in [0, 0.1) is 0 Å². The zero-order valence-electron chi connectivity index (χ0n) is 12.4. The molecular formula is C16H15F2NO4. The summed E-state index contributed by atoms with van der Waals surface area (Å²) in [6.45, 7) is 1.20. The zero-order chi connectivity index (χ0) is 17.0. The largest absolute Gasteiger partial charge is 0.458 e. The molecule has 5 nitrogen and oxygen atoms in total. The van der Waals surface area contributed by atoms with Gasteiger partial charge in [0.05, 0.1) is 11.1 Å². The molecule has 1 aromatic carbocycles. The number of carbonyl (C=O) groups is 3. The second-order valence-corrected chi connectivity index (χ2v) is 5.05. The van der Waals surface area contributed by atoms with Crippen LogP contribution in [0.2, 0.25) is 0 Å². The number of esters is 1. The molecule has 0 saturated heterocycles. The third kappa shape index (κ3) is 4.00. The summed E-state index contributed by atoms with van der Waals surface area (Å²) in [6.07, 6.45) is -2.15. The zero-order valence-corrected chi connectivity index (χ0v) is 12.4. The van der Waals surface area contributed by atoms with Crippen molar-refractivity contribution in [1.82, 2.24) is 4.90 Å². The first-order valence-electron chi connectivity index (χ1n) is 7.05. The minimum Gasteiger partial charge on any atom is -0.458 e. The average molecular weight is 323 g/mol. The Balaban J connectivity index is 1.96. The minimum atomic E-state index is -1.95. The first kappa shape index (κ1) is 16.8. The van der Waals surface area contributed by atoms with Gasteiger partial charge in [0, 0.05) is 19.5 Å². The number of hydrogen-bond donors (Lipinski definition) is 0. The van der Waals surface area contributed by atoms with Crippen molar-refractivity contribution in [2.75, 3.05) is 6.54 Å². The van der Waals surface area contributed by atoms with Crippen LogP contribution in [0.4, 0.5) is 8.78 Å². The highest BCUT2D eigenvalue weighted by Crippen LogP contribution is 2.23. The highest BCUT2D eigenvalue weighted by Gasteiger charge is 2.34. The molecule has 0 aromatic heterocycles. The topological polar surface area (TPSA) is 63.7 Å². The first-order valence-corrected chi connectivity index (χ1v) is 7.05. The maximum Gasteiger partial charge on any atom is 0.303 e. The molecule has 122 valence electrons. The van der Waals surface area contributed by atoms with Crippen LogP contribution in [0.1, 0.15) is 40.5 Å². The lowest BCUT2D eigenvalue weighted by molar-refractivity contribution is -0.144. The molecular weight excluding hydrogens is 308 g/mol. The SMILES string of the molecule is CC(=O)OC(C=C(F)F)CCCN1C(=O)c2ccccc2C1=O. The molecule has 0 aliphatic carbocycles. The van der Waals surface area contributed by atoms with Crippen molar-refractivity contribution in [3.05, 3.63) is 47.5 Å². The number of imide groups is 1. The van der Waals surface area contributed by atoms with Gasteiger partial charge in [-0.3, -0.25) is 19.3 Å². The summed E-state index contributed by atoms with van der Waals surface area (Å²) in [5.41, 5.74) is 0.674. The molecule has 0 fully saturated rings. The standard InChI is InChI=1S/C16H15F2NO4/c1-10(20)23-11(9-14(17)18)5-4-8-19-15(21)12-6-2-3-7-13(12)16(19)22/h2-3,6-7,9,11H,4-5,8H2,1H3. The number of halogens is 2. The Labute approximate surface area is 131 Å². The summed E-state index contributed by atoms with van der Waals surface area (Å²) in [6, 6.07) is 6.47. The van der Waals surface area contributed by atoms with E-state index in [1.165, 1.54) is 0 Å². The Morgan fingerprint density at radius 3 is 2.26 bits per heavy atom. The van der Waals surface area contributed by atoms with Gasteiger partial charge in [-0.15, -0.1) is 0 Å². The van der Waals surface area contributed by atoms with Crippen LogP contribution in [0.15, 0.2) is 36.4 Å². The van der Waals surface area contributed by atoms with Crippen molar-refractivity contribution in [2.45, 2.75) is 25.9 Å². The molecule has 1 aliphatic rings. The normalized spacial score (nSPS) is 14.5. The van der Waals surface area contributed by atoms with E-state index in [0.717, 1.165) is 11.8 Å². The number of amides is 2. The van der Waals surface area contributed by atoms with E-state index in [1.807, 2.05) is 0 Å². The van der Waals surface area contributed by atoms with E-state index in [0.29, 0.717) is 17.2 Å². The fraction of sp³-hybridized carbons (Fsp3) is 0.312. The number of benzene rings is 1. The number of hydrogen-bond acceptors (Lipinski definition) is 4. The van der Waals surface area contributed by atoms with E-state index in [2.05, 4.69) is 0 Å². The molecule has 0 radical (unpaired) electrons. The fourth-order valence-corrected chi connectivity index (χ4v) is 2.42. The van der Waals surface area contributed by atoms with Gasteiger partial charge in [0.1, 0.15) is 6.10 Å². The molecule has 1 aromatic rings. The third-order valence-corrected chi connectivity index (χ3v) is 3.38. The second-order valence-electron chi connectivity index (χ2n) is 5.05. The number of nitrogens with zero attached hydrogens (tertiary/aromatic N) is 1. The van der Waals surface area contributed by atoms with Gasteiger partial charge in [-0.05, 0) is 25.0 Å². The Hall–Kier alpha value is -2.57. The summed E-state index contributed by atoms with van der Waals surface area (Å²) < 4.78 is 29.4. The van der Waals surface area contributed by atoms with Gasteiger partial charge in [0.2, 0.25) is 0 Å². The lowest BCUT2D eigenvalue weighted by Crippen LogP contribution is -2.31. The number of rotatable bonds is 6. The van der Waals surface area contributed by atoms with Crippen molar-refractivity contribution in [3.8, 4) is 0 Å². The van der Waals surface area contributed by atoms with Crippen LogP contribution < -0.4 is 0 Å². The number of carbonyl (C=O) groups excluding carboxylic acids is 3. The molecule has 1 unspecified atom stereocenters. The summed E-state index contributed by atoms with van der Waals surface area (Å²) >= 11 is 0. The molecule has 7 heteroatoms. The van der Waals surface area contributed by atoms with Crippen LogP contribution in [-0.2, 0) is 9.53 Å². The Bertz CT molecular complexity index is 633. The van der Waals surface area contributed by atoms with Gasteiger partial charge < -0.3 is 4.74 Å². The Kier molecular flexibility index (Phi) is 5.20. The van der Waals surface area contributed by atoms with Crippen LogP contribution in [0.25, 0.3) is 0 Å². The molecule has 1 heterocycles. The molecule has 2 rings (SSSR count). The van der Waals surface area contributed by atoms with Gasteiger partial charge >= 0.3 is 5.97 Å². The van der Waals surface area contributed by atoms with Crippen LogP contribution in [-0.4, -0.2) is 35.3 Å². The second kappa shape index (κ2) is 7.13. The smallest absolute Gasteiger partial charge is 0.303 e. The Morgan fingerprint density at radius 2 is 1.78 bits per heavy atom. The van der Waals surface area contributed by atoms with Crippen molar-refractivity contribution in [1.29, 1.82) is 0 Å². The summed E-state index contributed by atoms with van der Waals surface area (Å²) in [4.78, 5) is 36.2. The predicted molar refractivity (Wildman–Crippen MR) is 76.9 cm³/mol. The summed E-state index contributed by atoms with van der Waals surface area (Å²) in [5, 5.41) is 0. The van der Waals surface area contributed by atoms with Gasteiger partial charge in [-0.2, -0.15) is 8.78 Å². The van der Waals surface area contributed by atoms with Gasteiger partial charge in [-0.1, -0.05) is 12.1 Å². The molecule has 1 aliphatic heterocycles. The average Bonchev–Trinajstić information content (AvgIpc) is 2.71. The summed E-state index contributed by atoms with van der Waals surface area (Å²) in [7, 11) is 0. The van der Waals surface area contributed by atoms with Crippen molar-refractivity contribution in [2.24, 2.45) is 0 Å². The van der Waals surface area contributed by atoms with E-state index in [-0.39, 0.29) is 19.4 Å². The van der Waals surface area contributed by atoms with Crippen molar-refractivity contribution in [3.63, 3.8) is 0 Å². The molecule has 0 saturated carbocycles. The van der Waals surface area contributed by atoms with Crippen LogP contribution in [0.5, 0.6) is 0 Å². The van der Waals surface area contributed by atoms with E-state index in [4.69, 9.17) is 4.74 Å². The van der Waals surface area contributed by atoms with Crippen LogP contribution in [0.3, 0.4) is 0 Å². The highest BCUT2D eigenvalue weighted by atomic mass is 19.3. The molecule has 0 N–H and O–H groups in total. The molecule has 23 heavy (non-hydrogen) atoms. The van der Waals surface area contributed by atoms with Gasteiger partial charge in [0.15, 0.2) is 0 Å². The quantitative estimate of drug-likeness (QED) is 0.596. The van der Waals surface area contributed by atoms with E-state index >= 15 is 0 Å². The lowest BCUT2D eigenvalue weighted by atomic mass is 10.1. The van der Waals surface area contributed by atoms with Crippen LogP contribution >= 0.6 is 0 Å². The van der Waals surface area contributed by atoms with E-state index in [1.54, 1.807) is 24.3 Å². The van der Waals surface area contributed by atoms with E-state index in [9.17, 15) is 23.2 Å². The predicted octanol–water partition coefficient (Wildman–Crippen LogP) is 2.77. The van der Waals surface area contributed by atoms with Gasteiger partial charge in [0.25, 0.3) is 17.9 Å². The van der Waals surface area contributed by atoms with Gasteiger partial charge in [-0.25, -0.2) is 0 Å². The van der Waals surface area contributed by atoms with Crippen molar-refractivity contribution >= 4 is 17.8 Å². The molecule has 2 amide bonds. The maximum atomic E-state index is 12.3. The monoisotopic (exact) mass is 323 g/mol. The Morgan fingerprint density at radius 1 is 1.22 bits per heavy atom. The first-order chi connectivity index (χ1) is 10.9. The number of ether oxygens (including phenoxy) is 1. The molecule has 0 spiro atoms. The van der Waals surface area contributed by atoms with Crippen molar-refractivity contribution < 1.29 is 27.9 Å². The lowest BCUT2D eigenvalue weighted by Gasteiger charge is -2.16.